The molecule has 1 saturated heterocycles. The van der Waals surface area contributed by atoms with Crippen LogP contribution < -0.4 is 4.90 Å². The second-order valence-corrected chi connectivity index (χ2v) is 5.50. The van der Waals surface area contributed by atoms with Crippen LogP contribution in [0.3, 0.4) is 0 Å². The fourth-order valence-electron chi connectivity index (χ4n) is 2.52. The smallest absolute Gasteiger partial charge is 0.339 e. The molecule has 1 aliphatic rings. The number of carbonyl (C=O) groups is 1. The van der Waals surface area contributed by atoms with E-state index in [0.29, 0.717) is 16.3 Å². The molecule has 0 aromatic carbocycles. The van der Waals surface area contributed by atoms with E-state index < -0.39 is 5.97 Å². The topological polar surface area (TPSA) is 53.4 Å². The summed E-state index contributed by atoms with van der Waals surface area (Å²) in [6.45, 7) is 3.04. The van der Waals surface area contributed by atoms with Crippen LogP contribution in [0.5, 0.6) is 0 Å². The van der Waals surface area contributed by atoms with Gasteiger partial charge in [-0.25, -0.2) is 9.78 Å². The highest BCUT2D eigenvalue weighted by Gasteiger charge is 2.26. The van der Waals surface area contributed by atoms with Gasteiger partial charge in [-0.1, -0.05) is 6.92 Å². The van der Waals surface area contributed by atoms with Gasteiger partial charge in [-0.2, -0.15) is 0 Å². The van der Waals surface area contributed by atoms with E-state index in [9.17, 15) is 9.90 Å². The maximum Gasteiger partial charge on any atom is 0.339 e. The summed E-state index contributed by atoms with van der Waals surface area (Å²) in [6, 6.07) is 2.04. The van der Waals surface area contributed by atoms with Crippen LogP contribution >= 0.6 is 15.9 Å². The average Bonchev–Trinajstić information content (AvgIpc) is 2.38. The van der Waals surface area contributed by atoms with Crippen molar-refractivity contribution < 1.29 is 9.90 Å². The molecule has 2 rings (SSSR count). The SMILES string of the molecule is CCC1CCCCN1c1ncc(Br)cc1C(=O)O. The van der Waals surface area contributed by atoms with Gasteiger partial charge in [-0.05, 0) is 47.7 Å². The zero-order valence-corrected chi connectivity index (χ0v) is 12.0. The molecule has 1 fully saturated rings. The zero-order chi connectivity index (χ0) is 13.1. The predicted octanol–water partition coefficient (Wildman–Crippen LogP) is 3.31. The number of halogens is 1. The summed E-state index contributed by atoms with van der Waals surface area (Å²) in [7, 11) is 0. The number of rotatable bonds is 3. The number of nitrogens with zero attached hydrogens (tertiary/aromatic N) is 2. The highest BCUT2D eigenvalue weighted by atomic mass is 79.9. The van der Waals surface area contributed by atoms with Gasteiger partial charge >= 0.3 is 5.97 Å². The lowest BCUT2D eigenvalue weighted by Gasteiger charge is -2.36. The molecule has 5 heteroatoms. The van der Waals surface area contributed by atoms with Gasteiger partial charge in [0.15, 0.2) is 0 Å². The summed E-state index contributed by atoms with van der Waals surface area (Å²) in [6.07, 6.45) is 6.13. The molecule has 1 N–H and O–H groups in total. The number of anilines is 1. The van der Waals surface area contributed by atoms with Gasteiger partial charge in [0.1, 0.15) is 11.4 Å². The van der Waals surface area contributed by atoms with Crippen LogP contribution in [-0.2, 0) is 0 Å². The third kappa shape index (κ3) is 2.66. The Bertz CT molecular complexity index is 451. The van der Waals surface area contributed by atoms with Gasteiger partial charge < -0.3 is 10.0 Å². The van der Waals surface area contributed by atoms with Crippen molar-refractivity contribution >= 4 is 27.7 Å². The van der Waals surface area contributed by atoms with Crippen LogP contribution in [0.1, 0.15) is 43.0 Å². The Labute approximate surface area is 115 Å². The van der Waals surface area contributed by atoms with Crippen LogP contribution in [0.4, 0.5) is 5.82 Å². The molecule has 0 amide bonds. The molecule has 4 nitrogen and oxygen atoms in total. The molecular formula is C13H17BrN2O2. The summed E-state index contributed by atoms with van der Waals surface area (Å²) >= 11 is 3.28. The van der Waals surface area contributed by atoms with E-state index >= 15 is 0 Å². The van der Waals surface area contributed by atoms with Crippen LogP contribution in [-0.4, -0.2) is 28.6 Å². The molecule has 1 aromatic heterocycles. The van der Waals surface area contributed by atoms with Crippen LogP contribution in [0, 0.1) is 0 Å². The average molecular weight is 313 g/mol. The molecule has 1 aromatic rings. The molecule has 1 atom stereocenters. The fourth-order valence-corrected chi connectivity index (χ4v) is 2.85. The van der Waals surface area contributed by atoms with Crippen molar-refractivity contribution in [2.45, 2.75) is 38.6 Å². The maximum atomic E-state index is 11.3. The number of carboxylic acid groups (broad SMARTS) is 1. The molecule has 18 heavy (non-hydrogen) atoms. The van der Waals surface area contributed by atoms with Crippen molar-refractivity contribution in [1.29, 1.82) is 0 Å². The quantitative estimate of drug-likeness (QED) is 0.930. The van der Waals surface area contributed by atoms with Crippen molar-refractivity contribution in [3.8, 4) is 0 Å². The number of pyridine rings is 1. The fraction of sp³-hybridized carbons (Fsp3) is 0.538. The van der Waals surface area contributed by atoms with Gasteiger partial charge in [-0.15, -0.1) is 0 Å². The van der Waals surface area contributed by atoms with Gasteiger partial charge in [0.2, 0.25) is 0 Å². The molecule has 0 saturated carbocycles. The summed E-state index contributed by atoms with van der Waals surface area (Å²) in [5.74, 6) is -0.309. The van der Waals surface area contributed by atoms with Crippen molar-refractivity contribution in [3.05, 3.63) is 22.3 Å². The number of hydrogen-bond donors (Lipinski definition) is 1. The van der Waals surface area contributed by atoms with E-state index in [1.54, 1.807) is 12.3 Å². The summed E-state index contributed by atoms with van der Waals surface area (Å²) < 4.78 is 0.703. The third-order valence-electron chi connectivity index (χ3n) is 3.43. The minimum Gasteiger partial charge on any atom is -0.478 e. The van der Waals surface area contributed by atoms with Gasteiger partial charge in [-0.3, -0.25) is 0 Å². The van der Waals surface area contributed by atoms with E-state index in [2.05, 4.69) is 32.7 Å². The monoisotopic (exact) mass is 312 g/mol. The van der Waals surface area contributed by atoms with E-state index in [-0.39, 0.29) is 5.56 Å². The lowest BCUT2D eigenvalue weighted by molar-refractivity contribution is 0.0697. The second kappa shape index (κ2) is 5.69. The number of carboxylic acids is 1. The first-order chi connectivity index (χ1) is 8.63. The standard InChI is InChI=1S/C13H17BrN2O2/c1-2-10-5-3-4-6-16(10)12-11(13(17)18)7-9(14)8-15-12/h7-8,10H,2-6H2,1H3,(H,17,18). The largest absolute Gasteiger partial charge is 0.478 e. The Morgan fingerprint density at radius 2 is 2.39 bits per heavy atom. The highest BCUT2D eigenvalue weighted by molar-refractivity contribution is 9.10. The molecule has 0 spiro atoms. The van der Waals surface area contributed by atoms with Crippen LogP contribution in [0.25, 0.3) is 0 Å². The van der Waals surface area contributed by atoms with Crippen LogP contribution in [0.2, 0.25) is 0 Å². The van der Waals surface area contributed by atoms with Gasteiger partial charge in [0, 0.05) is 23.3 Å². The predicted molar refractivity (Wildman–Crippen MR) is 74.2 cm³/mol. The number of aromatic nitrogens is 1. The van der Waals surface area contributed by atoms with E-state index in [1.807, 2.05) is 0 Å². The minimum atomic E-state index is -0.917. The first-order valence-electron chi connectivity index (χ1n) is 6.29. The summed E-state index contributed by atoms with van der Waals surface area (Å²) in [5.41, 5.74) is 0.282. The zero-order valence-electron chi connectivity index (χ0n) is 10.4. The molecule has 2 heterocycles. The molecule has 1 aliphatic heterocycles. The van der Waals surface area contributed by atoms with Crippen molar-refractivity contribution in [2.75, 3.05) is 11.4 Å². The van der Waals surface area contributed by atoms with Crippen LogP contribution in [0.15, 0.2) is 16.7 Å². The Morgan fingerprint density at radius 3 is 3.06 bits per heavy atom. The number of piperidine rings is 1. The lowest BCUT2D eigenvalue weighted by Crippen LogP contribution is -2.40. The second-order valence-electron chi connectivity index (χ2n) is 4.58. The molecule has 0 aliphatic carbocycles. The number of aromatic carboxylic acids is 1. The van der Waals surface area contributed by atoms with E-state index in [1.165, 1.54) is 6.42 Å². The Kier molecular flexibility index (Phi) is 4.22. The van der Waals surface area contributed by atoms with Crippen molar-refractivity contribution in [2.24, 2.45) is 0 Å². The summed E-state index contributed by atoms with van der Waals surface area (Å²) in [5, 5.41) is 9.29. The Morgan fingerprint density at radius 1 is 1.61 bits per heavy atom. The molecule has 1 unspecified atom stereocenters. The van der Waals surface area contributed by atoms with Crippen molar-refractivity contribution in [3.63, 3.8) is 0 Å². The highest BCUT2D eigenvalue weighted by Crippen LogP contribution is 2.29. The molecule has 0 radical (unpaired) electrons. The van der Waals surface area contributed by atoms with Crippen molar-refractivity contribution in [1.82, 2.24) is 4.98 Å². The summed E-state index contributed by atoms with van der Waals surface area (Å²) in [4.78, 5) is 17.8. The maximum absolute atomic E-state index is 11.3. The van der Waals surface area contributed by atoms with E-state index in [0.717, 1.165) is 25.8 Å². The first-order valence-corrected chi connectivity index (χ1v) is 7.08. The molecule has 98 valence electrons. The van der Waals surface area contributed by atoms with E-state index in [4.69, 9.17) is 0 Å². The molecular weight excluding hydrogens is 296 g/mol. The van der Waals surface area contributed by atoms with Gasteiger partial charge in [0.25, 0.3) is 0 Å². The Hall–Kier alpha value is -1.10. The lowest BCUT2D eigenvalue weighted by atomic mass is 9.99. The first kappa shape index (κ1) is 13.3. The number of hydrogen-bond acceptors (Lipinski definition) is 3. The molecule has 0 bridgehead atoms. The normalized spacial score (nSPS) is 19.9. The minimum absolute atomic E-state index is 0.282. The van der Waals surface area contributed by atoms with Gasteiger partial charge in [0.05, 0.1) is 0 Å². The third-order valence-corrected chi connectivity index (χ3v) is 3.87. The Balaban J connectivity index is 2.39.